The minimum absolute atomic E-state index is 0.0252. The van der Waals surface area contributed by atoms with Gasteiger partial charge in [-0.3, -0.25) is 4.98 Å². The van der Waals surface area contributed by atoms with Crippen molar-refractivity contribution in [1.29, 1.82) is 0 Å². The van der Waals surface area contributed by atoms with Crippen molar-refractivity contribution in [3.8, 4) is 0 Å². The Morgan fingerprint density at radius 3 is 2.80 bits per heavy atom. The molecule has 8 heteroatoms. The van der Waals surface area contributed by atoms with Crippen LogP contribution < -0.4 is 0 Å². The maximum absolute atomic E-state index is 13.2. The molecule has 0 saturated carbocycles. The topological polar surface area (TPSA) is 73.7 Å². The first-order valence-corrected chi connectivity index (χ1v) is 7.70. The molecular weight excluding hydrogens is 285 g/mol. The van der Waals surface area contributed by atoms with Gasteiger partial charge in [0, 0.05) is 25.3 Å². The van der Waals surface area contributed by atoms with Gasteiger partial charge in [0.25, 0.3) is 0 Å². The number of hydrogen-bond acceptors (Lipinski definition) is 5. The fourth-order valence-corrected chi connectivity index (χ4v) is 4.05. The first kappa shape index (κ1) is 15.3. The van der Waals surface area contributed by atoms with Crippen LogP contribution in [0, 0.1) is 5.82 Å². The van der Waals surface area contributed by atoms with Gasteiger partial charge in [0.2, 0.25) is 10.0 Å². The minimum Gasteiger partial charge on any atom is -0.392 e. The highest BCUT2D eigenvalue weighted by atomic mass is 32.2. The van der Waals surface area contributed by atoms with Crippen molar-refractivity contribution in [3.63, 3.8) is 0 Å². The molecule has 1 aromatic rings. The van der Waals surface area contributed by atoms with Crippen LogP contribution in [0.1, 0.15) is 6.42 Å². The van der Waals surface area contributed by atoms with Gasteiger partial charge in [-0.1, -0.05) is 0 Å². The Kier molecular flexibility index (Phi) is 4.38. The van der Waals surface area contributed by atoms with E-state index in [9.17, 15) is 17.9 Å². The van der Waals surface area contributed by atoms with Gasteiger partial charge in [-0.15, -0.1) is 0 Å². The molecule has 0 amide bonds. The third-order valence-corrected chi connectivity index (χ3v) is 5.09. The largest absolute Gasteiger partial charge is 0.392 e. The zero-order valence-electron chi connectivity index (χ0n) is 11.4. The summed E-state index contributed by atoms with van der Waals surface area (Å²) < 4.78 is 39.4. The summed E-state index contributed by atoms with van der Waals surface area (Å²) in [6, 6.07) is 0.619. The second-order valence-electron chi connectivity index (χ2n) is 5.22. The molecule has 2 atom stereocenters. The van der Waals surface area contributed by atoms with E-state index in [2.05, 4.69) is 4.98 Å². The molecule has 1 saturated heterocycles. The van der Waals surface area contributed by atoms with Crippen LogP contribution >= 0.6 is 0 Å². The van der Waals surface area contributed by atoms with E-state index in [1.54, 1.807) is 0 Å². The standard InChI is InChI=1S/C12H18FN3O3S/c1-15(2)7-10-4-11(17)8-16(10)20(18,19)12-3-9(13)5-14-6-12/h3,5-6,10-11,17H,4,7-8H2,1-2H3. The molecule has 0 spiro atoms. The first-order chi connectivity index (χ1) is 9.30. The van der Waals surface area contributed by atoms with Gasteiger partial charge >= 0.3 is 0 Å². The molecule has 0 radical (unpaired) electrons. The van der Waals surface area contributed by atoms with Crippen LogP contribution in [-0.2, 0) is 10.0 Å². The summed E-state index contributed by atoms with van der Waals surface area (Å²) in [5.41, 5.74) is 0. The van der Waals surface area contributed by atoms with Gasteiger partial charge < -0.3 is 10.0 Å². The lowest BCUT2D eigenvalue weighted by molar-refractivity contribution is 0.188. The number of aromatic nitrogens is 1. The summed E-state index contributed by atoms with van der Waals surface area (Å²) in [7, 11) is -0.180. The predicted molar refractivity (Wildman–Crippen MR) is 71.1 cm³/mol. The Morgan fingerprint density at radius 1 is 1.50 bits per heavy atom. The quantitative estimate of drug-likeness (QED) is 0.841. The van der Waals surface area contributed by atoms with Gasteiger partial charge in [-0.05, 0) is 26.6 Å². The zero-order valence-corrected chi connectivity index (χ0v) is 12.2. The number of halogens is 1. The Hall–Kier alpha value is -1.09. The van der Waals surface area contributed by atoms with Gasteiger partial charge in [-0.2, -0.15) is 4.31 Å². The van der Waals surface area contributed by atoms with Crippen molar-refractivity contribution in [2.24, 2.45) is 0 Å². The number of β-amino-alcohol motifs (C(OH)–C–C–N with tert-alkyl or cyclic N) is 1. The molecule has 0 aromatic carbocycles. The van der Waals surface area contributed by atoms with Gasteiger partial charge in [0.1, 0.15) is 10.7 Å². The second-order valence-corrected chi connectivity index (χ2v) is 7.11. The van der Waals surface area contributed by atoms with E-state index in [1.165, 1.54) is 4.31 Å². The smallest absolute Gasteiger partial charge is 0.245 e. The molecule has 0 bridgehead atoms. The molecule has 0 aliphatic carbocycles. The Balaban J connectivity index is 2.32. The first-order valence-electron chi connectivity index (χ1n) is 6.26. The number of aliphatic hydroxyl groups excluding tert-OH is 1. The van der Waals surface area contributed by atoms with E-state index < -0.39 is 21.9 Å². The van der Waals surface area contributed by atoms with Gasteiger partial charge in [0.15, 0.2) is 0 Å². The zero-order chi connectivity index (χ0) is 14.9. The van der Waals surface area contributed by atoms with Gasteiger partial charge in [0.05, 0.1) is 12.3 Å². The van der Waals surface area contributed by atoms with Crippen molar-refractivity contribution in [2.75, 3.05) is 27.2 Å². The van der Waals surface area contributed by atoms with E-state index in [4.69, 9.17) is 0 Å². The molecule has 1 aliphatic rings. The van der Waals surface area contributed by atoms with E-state index in [-0.39, 0.29) is 17.5 Å². The summed E-state index contributed by atoms with van der Waals surface area (Å²) in [6.07, 6.45) is 1.75. The summed E-state index contributed by atoms with van der Waals surface area (Å²) in [4.78, 5) is 5.24. The average Bonchev–Trinajstić information content (AvgIpc) is 2.70. The average molecular weight is 303 g/mol. The van der Waals surface area contributed by atoms with Crippen LogP contribution in [0.2, 0.25) is 0 Å². The highest BCUT2D eigenvalue weighted by Crippen LogP contribution is 2.26. The molecule has 2 rings (SSSR count). The van der Waals surface area contributed by atoms with Crippen molar-refractivity contribution in [3.05, 3.63) is 24.3 Å². The molecule has 6 nitrogen and oxygen atoms in total. The monoisotopic (exact) mass is 303 g/mol. The number of nitrogens with zero attached hydrogens (tertiary/aromatic N) is 3. The summed E-state index contributed by atoms with van der Waals surface area (Å²) in [5, 5.41) is 9.73. The molecular formula is C12H18FN3O3S. The van der Waals surface area contributed by atoms with Crippen LogP contribution in [0.5, 0.6) is 0 Å². The van der Waals surface area contributed by atoms with Crippen molar-refractivity contribution < 1.29 is 17.9 Å². The number of pyridine rings is 1. The molecule has 1 aromatic heterocycles. The van der Waals surface area contributed by atoms with Crippen molar-refractivity contribution in [1.82, 2.24) is 14.2 Å². The van der Waals surface area contributed by atoms with E-state index in [0.717, 1.165) is 18.5 Å². The molecule has 112 valence electrons. The van der Waals surface area contributed by atoms with Crippen molar-refractivity contribution >= 4 is 10.0 Å². The Bertz CT molecular complexity index is 579. The van der Waals surface area contributed by atoms with E-state index in [0.29, 0.717) is 13.0 Å². The van der Waals surface area contributed by atoms with Crippen LogP contribution in [-0.4, -0.2) is 67.0 Å². The van der Waals surface area contributed by atoms with Crippen LogP contribution in [0.3, 0.4) is 0 Å². The van der Waals surface area contributed by atoms with E-state index in [1.807, 2.05) is 19.0 Å². The molecule has 1 fully saturated rings. The SMILES string of the molecule is CN(C)CC1CC(O)CN1S(=O)(=O)c1cncc(F)c1. The maximum Gasteiger partial charge on any atom is 0.245 e. The third-order valence-electron chi connectivity index (χ3n) is 3.20. The molecule has 2 heterocycles. The molecule has 2 unspecified atom stereocenters. The number of aliphatic hydroxyl groups is 1. The fourth-order valence-electron chi connectivity index (χ4n) is 2.41. The Morgan fingerprint density at radius 2 is 2.20 bits per heavy atom. The van der Waals surface area contributed by atoms with E-state index >= 15 is 0 Å². The number of likely N-dealkylation sites (N-methyl/N-ethyl adjacent to an activating group) is 1. The fraction of sp³-hybridized carbons (Fsp3) is 0.583. The van der Waals surface area contributed by atoms with Crippen LogP contribution in [0.15, 0.2) is 23.4 Å². The van der Waals surface area contributed by atoms with Crippen molar-refractivity contribution in [2.45, 2.75) is 23.5 Å². The lowest BCUT2D eigenvalue weighted by Crippen LogP contribution is -2.41. The third kappa shape index (κ3) is 3.14. The summed E-state index contributed by atoms with van der Waals surface area (Å²) in [6.45, 7) is 0.524. The molecule has 1 aliphatic heterocycles. The highest BCUT2D eigenvalue weighted by Gasteiger charge is 2.39. The number of hydrogen-bond donors (Lipinski definition) is 1. The molecule has 1 N–H and O–H groups in total. The normalized spacial score (nSPS) is 24.4. The van der Waals surface area contributed by atoms with Gasteiger partial charge in [-0.25, -0.2) is 12.8 Å². The van der Waals surface area contributed by atoms with Crippen LogP contribution in [0.4, 0.5) is 4.39 Å². The number of sulfonamides is 1. The predicted octanol–water partition coefficient (Wildman–Crippen LogP) is -0.0938. The maximum atomic E-state index is 13.2. The highest BCUT2D eigenvalue weighted by molar-refractivity contribution is 7.89. The second kappa shape index (κ2) is 5.72. The summed E-state index contributed by atoms with van der Waals surface area (Å²) in [5.74, 6) is -0.699. The number of rotatable bonds is 4. The van der Waals surface area contributed by atoms with Crippen LogP contribution in [0.25, 0.3) is 0 Å². The molecule has 20 heavy (non-hydrogen) atoms. The minimum atomic E-state index is -3.84. The summed E-state index contributed by atoms with van der Waals surface area (Å²) >= 11 is 0. The Labute approximate surface area is 117 Å². The lowest BCUT2D eigenvalue weighted by Gasteiger charge is -2.25. The lowest BCUT2D eigenvalue weighted by atomic mass is 10.2.